The van der Waals surface area contributed by atoms with Gasteiger partial charge in [0.05, 0.1) is 4.90 Å². The Kier molecular flexibility index (Phi) is 4.17. The predicted octanol–water partition coefficient (Wildman–Crippen LogP) is 0.670. The molecule has 19 heavy (non-hydrogen) atoms. The topological polar surface area (TPSA) is 114 Å². The standard InChI is InChI=1S/C10H12BrN5O2S/c11-8-5-7(12)1-2-9(8)19(17,18)15-4-3-10-13-6-14-16-10/h1-2,5-6,15H,3-4,12H2,(H,13,14,16). The van der Waals surface area contributed by atoms with Gasteiger partial charge in [-0.15, -0.1) is 0 Å². The van der Waals surface area contributed by atoms with Crippen molar-refractivity contribution in [3.63, 3.8) is 0 Å². The SMILES string of the molecule is Nc1ccc(S(=O)(=O)NCCc2ncn[nH]2)c(Br)c1. The second kappa shape index (κ2) is 5.68. The van der Waals surface area contributed by atoms with Gasteiger partial charge in [-0.3, -0.25) is 5.10 Å². The molecule has 102 valence electrons. The zero-order chi connectivity index (χ0) is 13.9. The minimum atomic E-state index is -3.58. The Hall–Kier alpha value is -1.45. The lowest BCUT2D eigenvalue weighted by molar-refractivity contribution is 0.580. The van der Waals surface area contributed by atoms with Gasteiger partial charge in [0.1, 0.15) is 12.2 Å². The third-order valence-electron chi connectivity index (χ3n) is 2.36. The molecule has 0 aliphatic rings. The molecular weight excluding hydrogens is 334 g/mol. The molecule has 0 aliphatic heterocycles. The van der Waals surface area contributed by atoms with Gasteiger partial charge in [0.15, 0.2) is 0 Å². The van der Waals surface area contributed by atoms with Crippen LogP contribution >= 0.6 is 15.9 Å². The van der Waals surface area contributed by atoms with Gasteiger partial charge < -0.3 is 5.73 Å². The van der Waals surface area contributed by atoms with Gasteiger partial charge in [-0.2, -0.15) is 5.10 Å². The summed E-state index contributed by atoms with van der Waals surface area (Å²) in [6.45, 7) is 0.230. The van der Waals surface area contributed by atoms with E-state index < -0.39 is 10.0 Å². The van der Waals surface area contributed by atoms with E-state index in [1.54, 1.807) is 6.07 Å². The van der Waals surface area contributed by atoms with Crippen LogP contribution in [0.3, 0.4) is 0 Å². The average Bonchev–Trinajstić information content (AvgIpc) is 2.81. The summed E-state index contributed by atoms with van der Waals surface area (Å²) < 4.78 is 27.0. The smallest absolute Gasteiger partial charge is 0.241 e. The number of nitrogens with one attached hydrogen (secondary N) is 2. The molecule has 1 aromatic heterocycles. The van der Waals surface area contributed by atoms with Crippen LogP contribution in [0.15, 0.2) is 33.9 Å². The van der Waals surface area contributed by atoms with Crippen LogP contribution < -0.4 is 10.5 Å². The van der Waals surface area contributed by atoms with Crippen molar-refractivity contribution in [2.45, 2.75) is 11.3 Å². The largest absolute Gasteiger partial charge is 0.399 e. The van der Waals surface area contributed by atoms with Crippen molar-refractivity contribution in [3.05, 3.63) is 34.8 Å². The van der Waals surface area contributed by atoms with Gasteiger partial charge in [0.2, 0.25) is 10.0 Å². The molecule has 1 heterocycles. The number of anilines is 1. The molecule has 0 radical (unpaired) electrons. The maximum Gasteiger partial charge on any atom is 0.241 e. The predicted molar refractivity (Wildman–Crippen MR) is 73.8 cm³/mol. The normalized spacial score (nSPS) is 11.6. The van der Waals surface area contributed by atoms with E-state index in [2.05, 4.69) is 35.8 Å². The average molecular weight is 346 g/mol. The van der Waals surface area contributed by atoms with Crippen LogP contribution in [-0.4, -0.2) is 30.1 Å². The van der Waals surface area contributed by atoms with Crippen LogP contribution in [0.5, 0.6) is 0 Å². The number of nitrogens with zero attached hydrogens (tertiary/aromatic N) is 2. The maximum atomic E-state index is 12.1. The van der Waals surface area contributed by atoms with E-state index in [-0.39, 0.29) is 11.4 Å². The number of aromatic nitrogens is 3. The summed E-state index contributed by atoms with van der Waals surface area (Å²) in [4.78, 5) is 4.06. The Morgan fingerprint density at radius 2 is 2.21 bits per heavy atom. The molecule has 2 aromatic rings. The van der Waals surface area contributed by atoms with Crippen molar-refractivity contribution < 1.29 is 8.42 Å². The molecule has 0 saturated heterocycles. The molecule has 0 saturated carbocycles. The minimum absolute atomic E-state index is 0.152. The first-order chi connectivity index (χ1) is 8.99. The maximum absolute atomic E-state index is 12.1. The summed E-state index contributed by atoms with van der Waals surface area (Å²) in [7, 11) is -3.58. The highest BCUT2D eigenvalue weighted by Crippen LogP contribution is 2.23. The fourth-order valence-electron chi connectivity index (χ4n) is 1.47. The number of sulfonamides is 1. The van der Waals surface area contributed by atoms with Gasteiger partial charge in [-0.05, 0) is 34.1 Å². The van der Waals surface area contributed by atoms with E-state index >= 15 is 0 Å². The van der Waals surface area contributed by atoms with E-state index in [0.29, 0.717) is 22.4 Å². The fourth-order valence-corrected chi connectivity index (χ4v) is 3.59. The Labute approximate surface area is 118 Å². The molecule has 7 nitrogen and oxygen atoms in total. The highest BCUT2D eigenvalue weighted by Gasteiger charge is 2.17. The second-order valence-corrected chi connectivity index (χ2v) is 6.36. The summed E-state index contributed by atoms with van der Waals surface area (Å²) >= 11 is 3.19. The Morgan fingerprint density at radius 1 is 1.42 bits per heavy atom. The number of hydrogen-bond acceptors (Lipinski definition) is 5. The first kappa shape index (κ1) is 14.0. The van der Waals surface area contributed by atoms with E-state index in [9.17, 15) is 8.42 Å². The van der Waals surface area contributed by atoms with Crippen LogP contribution in [0, 0.1) is 0 Å². The van der Waals surface area contributed by atoms with Gasteiger partial charge in [-0.1, -0.05) is 0 Å². The number of nitrogen functional groups attached to an aromatic ring is 1. The van der Waals surface area contributed by atoms with Gasteiger partial charge in [0.25, 0.3) is 0 Å². The first-order valence-corrected chi connectivity index (χ1v) is 7.65. The Morgan fingerprint density at radius 3 is 2.84 bits per heavy atom. The molecule has 1 aromatic carbocycles. The molecule has 0 unspecified atom stereocenters. The lowest BCUT2D eigenvalue weighted by atomic mass is 10.3. The van der Waals surface area contributed by atoms with Crippen LogP contribution in [-0.2, 0) is 16.4 Å². The van der Waals surface area contributed by atoms with Crippen LogP contribution in [0.2, 0.25) is 0 Å². The van der Waals surface area contributed by atoms with Crippen LogP contribution in [0.1, 0.15) is 5.82 Å². The van der Waals surface area contributed by atoms with E-state index in [1.165, 1.54) is 18.5 Å². The summed E-state index contributed by atoms with van der Waals surface area (Å²) in [5, 5.41) is 6.34. The molecular formula is C10H12BrN5O2S. The van der Waals surface area contributed by atoms with E-state index in [4.69, 9.17) is 5.73 Å². The molecule has 0 bridgehead atoms. The molecule has 2 rings (SSSR count). The molecule has 0 atom stereocenters. The molecule has 0 fully saturated rings. The quantitative estimate of drug-likeness (QED) is 0.689. The molecule has 0 aliphatic carbocycles. The first-order valence-electron chi connectivity index (χ1n) is 5.38. The van der Waals surface area contributed by atoms with Crippen molar-refractivity contribution in [1.29, 1.82) is 0 Å². The highest BCUT2D eigenvalue weighted by molar-refractivity contribution is 9.10. The fraction of sp³-hybridized carbons (Fsp3) is 0.200. The third-order valence-corrected chi connectivity index (χ3v) is 4.80. The van der Waals surface area contributed by atoms with E-state index in [1.807, 2.05) is 0 Å². The Balaban J connectivity index is 2.05. The number of H-pyrrole nitrogens is 1. The van der Waals surface area contributed by atoms with Gasteiger partial charge >= 0.3 is 0 Å². The molecule has 0 amide bonds. The van der Waals surface area contributed by atoms with Crippen molar-refractivity contribution >= 4 is 31.6 Å². The third kappa shape index (κ3) is 3.52. The van der Waals surface area contributed by atoms with Crippen LogP contribution in [0.4, 0.5) is 5.69 Å². The summed E-state index contributed by atoms with van der Waals surface area (Å²) in [6.07, 6.45) is 1.81. The van der Waals surface area contributed by atoms with Crippen molar-refractivity contribution in [3.8, 4) is 0 Å². The molecule has 4 N–H and O–H groups in total. The second-order valence-electron chi connectivity index (χ2n) is 3.77. The monoisotopic (exact) mass is 345 g/mol. The van der Waals surface area contributed by atoms with Crippen molar-refractivity contribution in [2.75, 3.05) is 12.3 Å². The number of aromatic amines is 1. The highest BCUT2D eigenvalue weighted by atomic mass is 79.9. The zero-order valence-corrected chi connectivity index (χ0v) is 12.2. The number of hydrogen-bond donors (Lipinski definition) is 3. The Bertz CT molecular complexity index is 657. The zero-order valence-electron chi connectivity index (χ0n) is 9.80. The van der Waals surface area contributed by atoms with Gasteiger partial charge in [-0.25, -0.2) is 18.1 Å². The molecule has 9 heteroatoms. The van der Waals surface area contributed by atoms with Gasteiger partial charge in [0, 0.05) is 23.1 Å². The summed E-state index contributed by atoms with van der Waals surface area (Å²) in [5.74, 6) is 0.624. The number of benzene rings is 1. The number of halogens is 1. The minimum Gasteiger partial charge on any atom is -0.399 e. The lowest BCUT2D eigenvalue weighted by Gasteiger charge is -2.08. The molecule has 0 spiro atoms. The lowest BCUT2D eigenvalue weighted by Crippen LogP contribution is -2.26. The van der Waals surface area contributed by atoms with E-state index in [0.717, 1.165) is 0 Å². The summed E-state index contributed by atoms with van der Waals surface area (Å²) in [5.41, 5.74) is 6.06. The van der Waals surface area contributed by atoms with Crippen molar-refractivity contribution in [2.24, 2.45) is 0 Å². The van der Waals surface area contributed by atoms with Crippen LogP contribution in [0.25, 0.3) is 0 Å². The summed E-state index contributed by atoms with van der Waals surface area (Å²) in [6, 6.07) is 4.54. The van der Waals surface area contributed by atoms with Crippen molar-refractivity contribution in [1.82, 2.24) is 19.9 Å². The number of nitrogens with two attached hydrogens (primary N) is 1. The number of rotatable bonds is 5.